The van der Waals surface area contributed by atoms with Crippen molar-refractivity contribution in [3.8, 4) is 17.2 Å². The highest BCUT2D eigenvalue weighted by molar-refractivity contribution is 6.30. The highest BCUT2D eigenvalue weighted by atomic mass is 35.5. The molecule has 2 aromatic rings. The summed E-state index contributed by atoms with van der Waals surface area (Å²) in [5, 5.41) is 4.12. The SMILES string of the molecule is [N-]=[N+]=Nc1ccc2nc3c(=O)[nH]c(=O)nc-3n(-c3ccc(Cl)cc3)c2c1. The molecule has 0 atom stereocenters. The van der Waals surface area contributed by atoms with E-state index in [0.29, 0.717) is 27.4 Å². The maximum atomic E-state index is 12.2. The Morgan fingerprint density at radius 3 is 2.62 bits per heavy atom. The summed E-state index contributed by atoms with van der Waals surface area (Å²) in [6.45, 7) is 0. The molecule has 0 saturated heterocycles. The van der Waals surface area contributed by atoms with Crippen molar-refractivity contribution in [2.24, 2.45) is 5.11 Å². The van der Waals surface area contributed by atoms with Crippen LogP contribution in [0.15, 0.2) is 57.2 Å². The van der Waals surface area contributed by atoms with Crippen LogP contribution < -0.4 is 11.2 Å². The Hall–Kier alpha value is -3.68. The van der Waals surface area contributed by atoms with Gasteiger partial charge in [0, 0.05) is 21.3 Å². The highest BCUT2D eigenvalue weighted by Gasteiger charge is 2.19. The first-order chi connectivity index (χ1) is 12.6. The lowest BCUT2D eigenvalue weighted by Gasteiger charge is -2.17. The van der Waals surface area contributed by atoms with Gasteiger partial charge in [-0.15, -0.1) is 0 Å². The Morgan fingerprint density at radius 1 is 1.12 bits per heavy atom. The first-order valence-corrected chi connectivity index (χ1v) is 7.72. The number of hydrogen-bond acceptors (Lipinski definition) is 5. The van der Waals surface area contributed by atoms with E-state index < -0.39 is 11.2 Å². The van der Waals surface area contributed by atoms with Crippen LogP contribution in [0, 0.1) is 0 Å². The van der Waals surface area contributed by atoms with Crippen molar-refractivity contribution in [1.82, 2.24) is 19.5 Å². The minimum atomic E-state index is -0.780. The van der Waals surface area contributed by atoms with Crippen molar-refractivity contribution < 1.29 is 0 Å². The first kappa shape index (κ1) is 15.8. The minimum absolute atomic E-state index is 0.0172. The molecular formula is C16H8ClN7O2. The molecule has 0 spiro atoms. The topological polar surface area (TPSA) is 129 Å². The lowest BCUT2D eigenvalue weighted by Crippen LogP contribution is -2.28. The van der Waals surface area contributed by atoms with Gasteiger partial charge in [-0.2, -0.15) is 4.98 Å². The zero-order valence-corrected chi connectivity index (χ0v) is 13.7. The number of azide groups is 1. The molecule has 2 aliphatic rings. The quantitative estimate of drug-likeness (QED) is 0.253. The summed E-state index contributed by atoms with van der Waals surface area (Å²) in [5.74, 6) is 0.0895. The molecule has 9 nitrogen and oxygen atoms in total. The standard InChI is InChI=1S/C16H8ClN7O2/c17-8-1-4-10(5-2-8)24-12-7-9(22-23-18)3-6-11(12)19-13-14(24)20-16(26)21-15(13)25/h1-7H,(H,21,25,26). The Bertz CT molecular complexity index is 1290. The average molecular weight is 366 g/mol. The van der Waals surface area contributed by atoms with Gasteiger partial charge >= 0.3 is 5.69 Å². The van der Waals surface area contributed by atoms with Crippen molar-refractivity contribution in [2.45, 2.75) is 0 Å². The van der Waals surface area contributed by atoms with E-state index >= 15 is 0 Å². The average Bonchev–Trinajstić information content (AvgIpc) is 2.61. The van der Waals surface area contributed by atoms with E-state index in [9.17, 15) is 9.59 Å². The molecule has 0 radical (unpaired) electrons. The van der Waals surface area contributed by atoms with E-state index in [4.69, 9.17) is 17.1 Å². The lowest BCUT2D eigenvalue weighted by molar-refractivity contribution is 0.937. The van der Waals surface area contributed by atoms with Crippen molar-refractivity contribution in [1.29, 1.82) is 0 Å². The molecule has 4 rings (SSSR count). The van der Waals surface area contributed by atoms with Crippen LogP contribution in [0.25, 0.3) is 38.7 Å². The van der Waals surface area contributed by atoms with E-state index in [2.05, 4.69) is 25.0 Å². The summed E-state index contributed by atoms with van der Waals surface area (Å²) < 4.78 is 1.60. The molecule has 0 amide bonds. The number of aromatic nitrogens is 4. The third kappa shape index (κ3) is 2.57. The molecule has 0 unspecified atom stereocenters. The number of aromatic amines is 1. The number of benzene rings is 2. The van der Waals surface area contributed by atoms with Crippen LogP contribution in [0.4, 0.5) is 5.69 Å². The summed E-state index contributed by atoms with van der Waals surface area (Å²) in [5.41, 5.74) is 9.23. The molecular weight excluding hydrogens is 358 g/mol. The summed E-state index contributed by atoms with van der Waals surface area (Å²) in [4.78, 5) is 37.0. The molecule has 2 aromatic carbocycles. The van der Waals surface area contributed by atoms with Crippen molar-refractivity contribution in [3.63, 3.8) is 0 Å². The van der Waals surface area contributed by atoms with E-state index in [1.165, 1.54) is 0 Å². The Kier molecular flexibility index (Phi) is 3.65. The number of H-pyrrole nitrogens is 1. The summed E-state index contributed by atoms with van der Waals surface area (Å²) in [6.07, 6.45) is 0. The number of nitrogens with zero attached hydrogens (tertiary/aromatic N) is 6. The molecule has 0 fully saturated rings. The number of nitrogens with one attached hydrogen (secondary N) is 1. The van der Waals surface area contributed by atoms with Gasteiger partial charge in [-0.1, -0.05) is 22.8 Å². The summed E-state index contributed by atoms with van der Waals surface area (Å²) in [7, 11) is 0. The van der Waals surface area contributed by atoms with Gasteiger partial charge in [-0.05, 0) is 41.9 Å². The zero-order chi connectivity index (χ0) is 18.3. The molecule has 0 aliphatic carbocycles. The molecule has 10 heteroatoms. The van der Waals surface area contributed by atoms with Crippen LogP contribution >= 0.6 is 11.6 Å². The van der Waals surface area contributed by atoms with Crippen LogP contribution in [0.2, 0.25) is 5.02 Å². The lowest BCUT2D eigenvalue weighted by atomic mass is 10.2. The molecule has 0 aromatic heterocycles. The first-order valence-electron chi connectivity index (χ1n) is 7.35. The van der Waals surface area contributed by atoms with Gasteiger partial charge in [0.1, 0.15) is 0 Å². The number of halogens is 1. The Morgan fingerprint density at radius 2 is 1.88 bits per heavy atom. The predicted molar refractivity (Wildman–Crippen MR) is 96.2 cm³/mol. The van der Waals surface area contributed by atoms with E-state index in [-0.39, 0.29) is 11.5 Å². The van der Waals surface area contributed by atoms with Gasteiger partial charge in [0.15, 0.2) is 11.5 Å². The summed E-state index contributed by atoms with van der Waals surface area (Å²) in [6, 6.07) is 11.6. The monoisotopic (exact) mass is 365 g/mol. The summed E-state index contributed by atoms with van der Waals surface area (Å²) >= 11 is 5.96. The molecule has 0 saturated carbocycles. The largest absolute Gasteiger partial charge is 0.349 e. The third-order valence-corrected chi connectivity index (χ3v) is 4.00. The Balaban J connectivity index is 2.22. The van der Waals surface area contributed by atoms with Gasteiger partial charge in [-0.25, -0.2) is 9.78 Å². The maximum absolute atomic E-state index is 12.2. The van der Waals surface area contributed by atoms with Crippen LogP contribution in [-0.2, 0) is 0 Å². The second kappa shape index (κ2) is 5.99. The molecule has 126 valence electrons. The van der Waals surface area contributed by atoms with Gasteiger partial charge in [0.25, 0.3) is 5.56 Å². The second-order valence-electron chi connectivity index (χ2n) is 5.33. The number of fused-ring (bicyclic) bond motifs is 2. The van der Waals surface area contributed by atoms with Crippen LogP contribution in [0.5, 0.6) is 0 Å². The van der Waals surface area contributed by atoms with Gasteiger partial charge < -0.3 is 0 Å². The number of rotatable bonds is 2. The van der Waals surface area contributed by atoms with Gasteiger partial charge in [0.2, 0.25) is 0 Å². The van der Waals surface area contributed by atoms with Crippen LogP contribution in [0.3, 0.4) is 0 Å². The predicted octanol–water partition coefficient (Wildman–Crippen LogP) is 3.17. The molecule has 26 heavy (non-hydrogen) atoms. The number of hydrogen-bond donors (Lipinski definition) is 1. The normalized spacial score (nSPS) is 10.8. The fourth-order valence-corrected chi connectivity index (χ4v) is 2.80. The zero-order valence-electron chi connectivity index (χ0n) is 12.9. The van der Waals surface area contributed by atoms with Crippen molar-refractivity contribution in [3.05, 3.63) is 78.8 Å². The van der Waals surface area contributed by atoms with E-state index in [1.54, 1.807) is 47.0 Å². The van der Waals surface area contributed by atoms with Crippen LogP contribution in [0.1, 0.15) is 0 Å². The molecule has 0 bridgehead atoms. The van der Waals surface area contributed by atoms with E-state index in [0.717, 1.165) is 0 Å². The molecule has 1 N–H and O–H groups in total. The maximum Gasteiger partial charge on any atom is 0.349 e. The minimum Gasteiger partial charge on any atom is -0.291 e. The van der Waals surface area contributed by atoms with Crippen LogP contribution in [-0.4, -0.2) is 19.5 Å². The third-order valence-electron chi connectivity index (χ3n) is 3.74. The fourth-order valence-electron chi connectivity index (χ4n) is 2.68. The fraction of sp³-hybridized carbons (Fsp3) is 0. The van der Waals surface area contributed by atoms with E-state index in [1.807, 2.05) is 0 Å². The van der Waals surface area contributed by atoms with Gasteiger partial charge in [0.05, 0.1) is 11.0 Å². The highest BCUT2D eigenvalue weighted by Crippen LogP contribution is 2.28. The molecule has 2 heterocycles. The van der Waals surface area contributed by atoms with Crippen molar-refractivity contribution in [2.75, 3.05) is 0 Å². The smallest absolute Gasteiger partial charge is 0.291 e. The van der Waals surface area contributed by atoms with Gasteiger partial charge in [-0.3, -0.25) is 14.3 Å². The Labute approximate surface area is 149 Å². The second-order valence-corrected chi connectivity index (χ2v) is 5.77. The van der Waals surface area contributed by atoms with Crippen molar-refractivity contribution >= 4 is 28.3 Å². The molecule has 2 aliphatic heterocycles.